The maximum atomic E-state index is 2.35. The number of aryl methyl sites for hydroxylation is 1. The fourth-order valence-corrected chi connectivity index (χ4v) is 1.65. The molecule has 0 spiro atoms. The Balaban J connectivity index is 0. The van der Waals surface area contributed by atoms with Crippen molar-refractivity contribution < 1.29 is 0 Å². The predicted molar refractivity (Wildman–Crippen MR) is 110 cm³/mol. The average molecular weight is 321 g/mol. The largest absolute Gasteiger partial charge is 0.0654 e. The van der Waals surface area contributed by atoms with Crippen LogP contribution >= 0.6 is 0 Å². The summed E-state index contributed by atoms with van der Waals surface area (Å²) in [7, 11) is 0. The molecule has 0 unspecified atom stereocenters. The van der Waals surface area contributed by atoms with Crippen molar-refractivity contribution in [1.29, 1.82) is 0 Å². The summed E-state index contributed by atoms with van der Waals surface area (Å²) in [6, 6.07) is 6.96. The molecule has 0 bridgehead atoms. The molecule has 0 saturated carbocycles. The van der Waals surface area contributed by atoms with Gasteiger partial charge in [-0.15, -0.1) is 0 Å². The lowest BCUT2D eigenvalue weighted by atomic mass is 9.80. The second-order valence-corrected chi connectivity index (χ2v) is 8.59. The van der Waals surface area contributed by atoms with E-state index in [0.29, 0.717) is 0 Å². The zero-order valence-corrected chi connectivity index (χ0v) is 18.1. The minimum atomic E-state index is 0.242. The van der Waals surface area contributed by atoms with Crippen LogP contribution < -0.4 is 0 Å². The third-order valence-corrected chi connectivity index (χ3v) is 3.81. The summed E-state index contributed by atoms with van der Waals surface area (Å²) in [5.41, 5.74) is 4.73. The molecular weight excluding hydrogens is 276 g/mol. The number of unbranched alkanes of at least 4 members (excludes halogenated alkanes) is 2. The highest BCUT2D eigenvalue weighted by molar-refractivity contribution is 5.36. The molecule has 1 aromatic rings. The van der Waals surface area contributed by atoms with E-state index in [4.69, 9.17) is 0 Å². The fourth-order valence-electron chi connectivity index (χ4n) is 1.65. The summed E-state index contributed by atoms with van der Waals surface area (Å²) >= 11 is 0. The van der Waals surface area contributed by atoms with Crippen molar-refractivity contribution in [2.24, 2.45) is 0 Å². The summed E-state index contributed by atoms with van der Waals surface area (Å²) in [5, 5.41) is 0. The third kappa shape index (κ3) is 12.3. The lowest BCUT2D eigenvalue weighted by Crippen LogP contribution is -2.16. The molecule has 1 rings (SSSR count). The summed E-state index contributed by atoms with van der Waals surface area (Å²) in [6.07, 6.45) is 5.28. The molecule has 0 heterocycles. The molecule has 0 aliphatic heterocycles. The summed E-state index contributed by atoms with van der Waals surface area (Å²) in [5.74, 6) is 0. The number of hydrogen-bond acceptors (Lipinski definition) is 0. The van der Waals surface area contributed by atoms with E-state index in [0.717, 1.165) is 0 Å². The van der Waals surface area contributed by atoms with E-state index in [-0.39, 0.29) is 10.8 Å². The summed E-state index contributed by atoms with van der Waals surface area (Å²) in [4.78, 5) is 0. The predicted octanol–water partition coefficient (Wildman–Crippen LogP) is 8.20. The van der Waals surface area contributed by atoms with E-state index >= 15 is 0 Å². The van der Waals surface area contributed by atoms with Crippen molar-refractivity contribution >= 4 is 0 Å². The highest BCUT2D eigenvalue weighted by Crippen LogP contribution is 2.29. The van der Waals surface area contributed by atoms with Crippen LogP contribution in [-0.4, -0.2) is 0 Å². The van der Waals surface area contributed by atoms with Crippen LogP contribution in [0, 0.1) is 6.92 Å². The van der Waals surface area contributed by atoms with Gasteiger partial charge in [0.1, 0.15) is 0 Å². The van der Waals surface area contributed by atoms with Crippen LogP contribution in [-0.2, 0) is 10.8 Å². The van der Waals surface area contributed by atoms with Crippen molar-refractivity contribution in [1.82, 2.24) is 0 Å². The molecular formula is C23H44. The van der Waals surface area contributed by atoms with E-state index in [1.165, 1.54) is 42.4 Å². The molecule has 0 aliphatic rings. The molecule has 136 valence electrons. The molecule has 0 amide bonds. The summed E-state index contributed by atoms with van der Waals surface area (Å²) < 4.78 is 0. The second-order valence-electron chi connectivity index (χ2n) is 8.59. The van der Waals surface area contributed by atoms with Crippen molar-refractivity contribution in [2.45, 2.75) is 113 Å². The number of hydrogen-bond donors (Lipinski definition) is 0. The topological polar surface area (TPSA) is 0 Å². The van der Waals surface area contributed by atoms with Gasteiger partial charge in [-0.3, -0.25) is 0 Å². The molecule has 1 aromatic carbocycles. The molecule has 0 heteroatoms. The fraction of sp³-hybridized carbons (Fsp3) is 0.739. The lowest BCUT2D eigenvalue weighted by Gasteiger charge is -2.25. The Morgan fingerprint density at radius 2 is 0.826 bits per heavy atom. The van der Waals surface area contributed by atoms with Crippen molar-refractivity contribution in [3.05, 3.63) is 34.9 Å². The van der Waals surface area contributed by atoms with Gasteiger partial charge in [-0.1, -0.05) is 119 Å². The first-order valence-corrected chi connectivity index (χ1v) is 9.56. The first-order chi connectivity index (χ1) is 10.4. The van der Waals surface area contributed by atoms with Crippen molar-refractivity contribution in [3.8, 4) is 0 Å². The Morgan fingerprint density at radius 1 is 0.565 bits per heavy atom. The van der Waals surface area contributed by atoms with E-state index in [1.54, 1.807) is 0 Å². The van der Waals surface area contributed by atoms with Gasteiger partial charge < -0.3 is 0 Å². The van der Waals surface area contributed by atoms with Gasteiger partial charge in [0.15, 0.2) is 0 Å². The average Bonchev–Trinajstić information content (AvgIpc) is 2.45. The molecule has 0 N–H and O–H groups in total. The highest BCUT2D eigenvalue weighted by atomic mass is 14.2. The molecule has 0 fully saturated rings. The molecule has 0 radical (unpaired) electrons. The lowest BCUT2D eigenvalue weighted by molar-refractivity contribution is 0.567. The van der Waals surface area contributed by atoms with Gasteiger partial charge in [-0.25, -0.2) is 0 Å². The second kappa shape index (κ2) is 11.7. The molecule has 0 atom stereocenters. The van der Waals surface area contributed by atoms with Gasteiger partial charge >= 0.3 is 0 Å². The van der Waals surface area contributed by atoms with Gasteiger partial charge in [0.25, 0.3) is 0 Å². The quantitative estimate of drug-likeness (QED) is 0.515. The Kier molecular flexibility index (Phi) is 12.5. The Morgan fingerprint density at radius 3 is 1.00 bits per heavy atom. The maximum absolute atomic E-state index is 2.35. The smallest absolute Gasteiger partial charge is 0.0132 e. The van der Waals surface area contributed by atoms with Crippen LogP contribution in [0.2, 0.25) is 0 Å². The minimum absolute atomic E-state index is 0.242. The highest BCUT2D eigenvalue weighted by Gasteiger charge is 2.19. The van der Waals surface area contributed by atoms with Crippen LogP contribution in [0.4, 0.5) is 0 Å². The van der Waals surface area contributed by atoms with E-state index < -0.39 is 0 Å². The molecule has 0 aromatic heterocycles. The van der Waals surface area contributed by atoms with Crippen LogP contribution in [0.5, 0.6) is 0 Å². The first-order valence-electron chi connectivity index (χ1n) is 9.56. The normalized spacial score (nSPS) is 11.1. The SMILES string of the molecule is CCCC.CCCC.Cc1cc(C(C)(C)C)cc(C(C)(C)C)c1. The van der Waals surface area contributed by atoms with Crippen molar-refractivity contribution in [3.63, 3.8) is 0 Å². The first kappa shape index (κ1) is 24.5. The standard InChI is InChI=1S/C15H24.2C4H10/c1-11-8-12(14(2,3)4)10-13(9-11)15(5,6)7;2*1-3-4-2/h8-10H,1-7H3;2*3-4H2,1-2H3. The zero-order chi connectivity index (χ0) is 18.7. The summed E-state index contributed by atoms with van der Waals surface area (Å²) in [6.45, 7) is 24.5. The van der Waals surface area contributed by atoms with Gasteiger partial charge in [0, 0.05) is 0 Å². The molecule has 23 heavy (non-hydrogen) atoms. The van der Waals surface area contributed by atoms with E-state index in [9.17, 15) is 0 Å². The van der Waals surface area contributed by atoms with E-state index in [2.05, 4.69) is 94.4 Å². The van der Waals surface area contributed by atoms with Gasteiger partial charge in [0.2, 0.25) is 0 Å². The zero-order valence-electron chi connectivity index (χ0n) is 18.1. The monoisotopic (exact) mass is 320 g/mol. The van der Waals surface area contributed by atoms with Crippen LogP contribution in [0.3, 0.4) is 0 Å². The van der Waals surface area contributed by atoms with Crippen LogP contribution in [0.25, 0.3) is 0 Å². The molecule has 0 nitrogen and oxygen atoms in total. The van der Waals surface area contributed by atoms with Gasteiger partial charge in [-0.05, 0) is 28.9 Å². The number of benzene rings is 1. The van der Waals surface area contributed by atoms with Crippen LogP contribution in [0.1, 0.15) is 112 Å². The van der Waals surface area contributed by atoms with Gasteiger partial charge in [-0.2, -0.15) is 0 Å². The Hall–Kier alpha value is -0.780. The number of rotatable bonds is 2. The van der Waals surface area contributed by atoms with Crippen molar-refractivity contribution in [2.75, 3.05) is 0 Å². The maximum Gasteiger partial charge on any atom is -0.0132 e. The molecule has 0 saturated heterocycles. The molecule has 0 aliphatic carbocycles. The van der Waals surface area contributed by atoms with Crippen LogP contribution in [0.15, 0.2) is 18.2 Å². The van der Waals surface area contributed by atoms with E-state index in [1.807, 2.05) is 0 Å². The minimum Gasteiger partial charge on any atom is -0.0654 e. The van der Waals surface area contributed by atoms with Gasteiger partial charge in [0.05, 0.1) is 0 Å². The Bertz CT molecular complexity index is 359. The Labute approximate surface area is 148 Å². The third-order valence-electron chi connectivity index (χ3n) is 3.81.